The molecule has 3 unspecified atom stereocenters. The highest BCUT2D eigenvalue weighted by atomic mass is 14.4. The standard InChI is InChI=1S/C15H24/c1-2-3-4-5-6-7-8-14-11-13-9-10-15(14)12-13/h4-5,9-10,13-15H,2-3,6-8,11-12H2,1H3. The topological polar surface area (TPSA) is 0 Å². The molecule has 1 fully saturated rings. The summed E-state index contributed by atoms with van der Waals surface area (Å²) in [5, 5.41) is 0. The molecule has 0 heterocycles. The summed E-state index contributed by atoms with van der Waals surface area (Å²) in [5.74, 6) is 2.94. The molecular formula is C15H24. The molecule has 0 saturated heterocycles. The fourth-order valence-corrected chi connectivity index (χ4v) is 3.13. The molecule has 0 aromatic rings. The molecule has 3 atom stereocenters. The third-order valence-electron chi connectivity index (χ3n) is 3.98. The van der Waals surface area contributed by atoms with Crippen molar-refractivity contribution in [2.45, 2.75) is 51.9 Å². The zero-order valence-corrected chi connectivity index (χ0v) is 9.99. The first-order valence-electron chi connectivity index (χ1n) is 6.73. The van der Waals surface area contributed by atoms with Crippen molar-refractivity contribution in [3.05, 3.63) is 24.3 Å². The van der Waals surface area contributed by atoms with Gasteiger partial charge < -0.3 is 0 Å². The third kappa shape index (κ3) is 2.96. The highest BCUT2D eigenvalue weighted by Gasteiger charge is 2.34. The SMILES string of the molecule is CCCC=CCCCC1CC2C=CC1C2. The summed E-state index contributed by atoms with van der Waals surface area (Å²) in [7, 11) is 0. The smallest absolute Gasteiger partial charge is 0.0199 e. The number of hydrogen-bond donors (Lipinski definition) is 0. The lowest BCUT2D eigenvalue weighted by molar-refractivity contribution is 0.405. The maximum Gasteiger partial charge on any atom is -0.0199 e. The summed E-state index contributed by atoms with van der Waals surface area (Å²) in [4.78, 5) is 0. The van der Waals surface area contributed by atoms with E-state index in [4.69, 9.17) is 0 Å². The summed E-state index contributed by atoms with van der Waals surface area (Å²) >= 11 is 0. The minimum atomic E-state index is 0.953. The lowest BCUT2D eigenvalue weighted by atomic mass is 9.89. The van der Waals surface area contributed by atoms with E-state index in [-0.39, 0.29) is 0 Å². The van der Waals surface area contributed by atoms with Crippen LogP contribution >= 0.6 is 0 Å². The van der Waals surface area contributed by atoms with Gasteiger partial charge in [0, 0.05) is 0 Å². The zero-order chi connectivity index (χ0) is 10.5. The van der Waals surface area contributed by atoms with Crippen LogP contribution in [0.4, 0.5) is 0 Å². The molecular weight excluding hydrogens is 180 g/mol. The van der Waals surface area contributed by atoms with Crippen molar-refractivity contribution >= 4 is 0 Å². The van der Waals surface area contributed by atoms with Gasteiger partial charge in [-0.15, -0.1) is 0 Å². The van der Waals surface area contributed by atoms with Gasteiger partial charge in [0.1, 0.15) is 0 Å². The fraction of sp³-hybridized carbons (Fsp3) is 0.733. The first-order chi connectivity index (χ1) is 7.40. The van der Waals surface area contributed by atoms with Gasteiger partial charge >= 0.3 is 0 Å². The number of allylic oxidation sites excluding steroid dienone is 4. The first kappa shape index (κ1) is 11.0. The average molecular weight is 204 g/mol. The highest BCUT2D eigenvalue weighted by Crippen LogP contribution is 2.45. The van der Waals surface area contributed by atoms with E-state index in [1.165, 1.54) is 44.9 Å². The van der Waals surface area contributed by atoms with Crippen LogP contribution in [0.25, 0.3) is 0 Å². The molecule has 0 amide bonds. The fourth-order valence-electron chi connectivity index (χ4n) is 3.13. The highest BCUT2D eigenvalue weighted by molar-refractivity contribution is 5.09. The predicted octanol–water partition coefficient (Wildman–Crippen LogP) is 4.73. The van der Waals surface area contributed by atoms with Gasteiger partial charge in [-0.1, -0.05) is 37.6 Å². The third-order valence-corrected chi connectivity index (χ3v) is 3.98. The summed E-state index contributed by atoms with van der Waals surface area (Å²) in [6.45, 7) is 2.24. The Morgan fingerprint density at radius 1 is 1.13 bits per heavy atom. The minimum absolute atomic E-state index is 0.953. The molecule has 2 rings (SSSR count). The Bertz CT molecular complexity index is 236. The van der Waals surface area contributed by atoms with E-state index in [0.29, 0.717) is 0 Å². The molecule has 1 saturated carbocycles. The van der Waals surface area contributed by atoms with Crippen LogP contribution in [0.5, 0.6) is 0 Å². The molecule has 0 heteroatoms. The zero-order valence-electron chi connectivity index (χ0n) is 9.99. The lowest BCUT2D eigenvalue weighted by Crippen LogP contribution is -2.06. The van der Waals surface area contributed by atoms with E-state index in [2.05, 4.69) is 31.2 Å². The second kappa shape index (κ2) is 5.53. The summed E-state index contributed by atoms with van der Waals surface area (Å²) in [6, 6.07) is 0. The monoisotopic (exact) mass is 204 g/mol. The molecule has 15 heavy (non-hydrogen) atoms. The molecule has 0 aromatic heterocycles. The Labute approximate surface area is 94.5 Å². The summed E-state index contributed by atoms with van der Waals surface area (Å²) in [5.41, 5.74) is 0. The minimum Gasteiger partial charge on any atom is -0.0885 e. The Morgan fingerprint density at radius 3 is 2.67 bits per heavy atom. The summed E-state index contributed by atoms with van der Waals surface area (Å²) in [6.07, 6.45) is 19.3. The number of fused-ring (bicyclic) bond motifs is 2. The maximum atomic E-state index is 2.48. The van der Waals surface area contributed by atoms with Crippen LogP contribution < -0.4 is 0 Å². The van der Waals surface area contributed by atoms with Crippen LogP contribution in [0.15, 0.2) is 24.3 Å². The molecule has 84 valence electrons. The van der Waals surface area contributed by atoms with E-state index in [1.807, 2.05) is 0 Å². The van der Waals surface area contributed by atoms with Gasteiger partial charge in [0.05, 0.1) is 0 Å². The van der Waals surface area contributed by atoms with E-state index >= 15 is 0 Å². The van der Waals surface area contributed by atoms with Crippen molar-refractivity contribution < 1.29 is 0 Å². The second-order valence-electron chi connectivity index (χ2n) is 5.23. The first-order valence-corrected chi connectivity index (χ1v) is 6.73. The Morgan fingerprint density at radius 2 is 2.00 bits per heavy atom. The van der Waals surface area contributed by atoms with Gasteiger partial charge in [0.2, 0.25) is 0 Å². The van der Waals surface area contributed by atoms with Crippen LogP contribution in [-0.2, 0) is 0 Å². The lowest BCUT2D eigenvalue weighted by Gasteiger charge is -2.16. The predicted molar refractivity (Wildman–Crippen MR) is 66.7 cm³/mol. The molecule has 2 bridgehead atoms. The van der Waals surface area contributed by atoms with Crippen molar-refractivity contribution in [3.8, 4) is 0 Å². The van der Waals surface area contributed by atoms with Gasteiger partial charge in [-0.3, -0.25) is 0 Å². The molecule has 0 radical (unpaired) electrons. The Kier molecular flexibility index (Phi) is 4.05. The van der Waals surface area contributed by atoms with E-state index < -0.39 is 0 Å². The molecule has 2 aliphatic carbocycles. The normalized spacial score (nSPS) is 33.3. The van der Waals surface area contributed by atoms with Crippen LogP contribution in [0.2, 0.25) is 0 Å². The Balaban J connectivity index is 1.57. The number of hydrogen-bond acceptors (Lipinski definition) is 0. The second-order valence-corrected chi connectivity index (χ2v) is 5.23. The van der Waals surface area contributed by atoms with Crippen LogP contribution in [0.1, 0.15) is 51.9 Å². The number of rotatable bonds is 6. The van der Waals surface area contributed by atoms with Gasteiger partial charge in [-0.2, -0.15) is 0 Å². The Hall–Kier alpha value is -0.520. The van der Waals surface area contributed by atoms with Crippen molar-refractivity contribution in [1.82, 2.24) is 0 Å². The quantitative estimate of drug-likeness (QED) is 0.433. The summed E-state index contributed by atoms with van der Waals surface area (Å²) < 4.78 is 0. The van der Waals surface area contributed by atoms with Gasteiger partial charge in [0.15, 0.2) is 0 Å². The molecule has 0 aliphatic heterocycles. The maximum absolute atomic E-state index is 2.48. The average Bonchev–Trinajstić information content (AvgIpc) is 2.85. The van der Waals surface area contributed by atoms with Gasteiger partial charge in [-0.25, -0.2) is 0 Å². The molecule has 0 spiro atoms. The van der Waals surface area contributed by atoms with Gasteiger partial charge in [-0.05, 0) is 56.3 Å². The van der Waals surface area contributed by atoms with Crippen LogP contribution in [0.3, 0.4) is 0 Å². The van der Waals surface area contributed by atoms with Crippen LogP contribution in [0, 0.1) is 17.8 Å². The van der Waals surface area contributed by atoms with E-state index in [1.54, 1.807) is 0 Å². The molecule has 0 N–H and O–H groups in total. The molecule has 0 aromatic carbocycles. The van der Waals surface area contributed by atoms with E-state index in [9.17, 15) is 0 Å². The van der Waals surface area contributed by atoms with Crippen LogP contribution in [-0.4, -0.2) is 0 Å². The van der Waals surface area contributed by atoms with Gasteiger partial charge in [0.25, 0.3) is 0 Å². The number of unbranched alkanes of at least 4 members (excludes halogenated alkanes) is 2. The van der Waals surface area contributed by atoms with Crippen molar-refractivity contribution in [2.75, 3.05) is 0 Å². The largest absolute Gasteiger partial charge is 0.0885 e. The van der Waals surface area contributed by atoms with E-state index in [0.717, 1.165) is 17.8 Å². The molecule has 0 nitrogen and oxygen atoms in total. The molecule has 2 aliphatic rings. The van der Waals surface area contributed by atoms with Crippen molar-refractivity contribution in [1.29, 1.82) is 0 Å². The van der Waals surface area contributed by atoms with Crippen molar-refractivity contribution in [2.24, 2.45) is 17.8 Å². The van der Waals surface area contributed by atoms with Crippen molar-refractivity contribution in [3.63, 3.8) is 0 Å².